The van der Waals surface area contributed by atoms with Gasteiger partial charge in [0.15, 0.2) is 11.6 Å². The Labute approximate surface area is 295 Å². The number of fused-ring (bicyclic) bond motifs is 9. The molecule has 5 nitrogen and oxygen atoms in total. The highest BCUT2D eigenvalue weighted by Gasteiger charge is 2.19. The van der Waals surface area contributed by atoms with Crippen molar-refractivity contribution in [3.63, 3.8) is 0 Å². The average Bonchev–Trinajstić information content (AvgIpc) is 3.86. The van der Waals surface area contributed by atoms with E-state index in [4.69, 9.17) is 19.4 Å². The number of benzene rings is 7. The Morgan fingerprint density at radius 3 is 1.80 bits per heavy atom. The van der Waals surface area contributed by atoms with Crippen LogP contribution in [0.4, 0.5) is 0 Å². The molecule has 0 unspecified atom stereocenters. The van der Waals surface area contributed by atoms with Crippen LogP contribution in [0.1, 0.15) is 0 Å². The zero-order chi connectivity index (χ0) is 33.5. The highest BCUT2D eigenvalue weighted by molar-refractivity contribution is 7.25. The third-order valence-corrected chi connectivity index (χ3v) is 11.0. The summed E-state index contributed by atoms with van der Waals surface area (Å²) in [5.74, 6) is 1.77. The molecule has 0 saturated heterocycles. The fourth-order valence-electron chi connectivity index (χ4n) is 7.45. The van der Waals surface area contributed by atoms with Crippen LogP contribution >= 0.6 is 11.3 Å². The first-order valence-electron chi connectivity index (χ1n) is 16.9. The molecule has 11 aromatic rings. The molecule has 0 atom stereocenters. The molecule has 0 bridgehead atoms. The summed E-state index contributed by atoms with van der Waals surface area (Å²) in [5, 5.41) is 7.06. The number of furan rings is 1. The molecular formula is C45H26N4OS. The lowest BCUT2D eigenvalue weighted by Crippen LogP contribution is -2.06. The molecule has 51 heavy (non-hydrogen) atoms. The molecule has 4 heterocycles. The van der Waals surface area contributed by atoms with Gasteiger partial charge in [-0.2, -0.15) is 9.97 Å². The van der Waals surface area contributed by atoms with Crippen LogP contribution in [0.25, 0.3) is 104 Å². The van der Waals surface area contributed by atoms with Gasteiger partial charge in [0, 0.05) is 52.8 Å². The highest BCUT2D eigenvalue weighted by atomic mass is 32.1. The van der Waals surface area contributed by atoms with Crippen LogP contribution in [-0.4, -0.2) is 19.5 Å². The zero-order valence-corrected chi connectivity index (χ0v) is 27.9. The van der Waals surface area contributed by atoms with E-state index in [2.05, 4.69) is 132 Å². The topological polar surface area (TPSA) is 56.7 Å². The fraction of sp³-hybridized carbons (Fsp3) is 0. The van der Waals surface area contributed by atoms with Gasteiger partial charge in [-0.15, -0.1) is 11.3 Å². The third-order valence-electron chi connectivity index (χ3n) is 9.88. The Hall–Kier alpha value is -6.63. The van der Waals surface area contributed by atoms with E-state index in [1.165, 1.54) is 25.7 Å². The SMILES string of the molecule is c1ccc(-c2nc(-c3ccc4c(c3)oc3ccc(-c5ccc6c(c5)sc5ccccc56)cc34)nc(-n3c4ccccc4c4ccccc43)n2)cc1. The number of hydrogen-bond acceptors (Lipinski definition) is 5. The Morgan fingerprint density at radius 2 is 1.00 bits per heavy atom. The summed E-state index contributed by atoms with van der Waals surface area (Å²) in [6.45, 7) is 0. The van der Waals surface area contributed by atoms with Gasteiger partial charge in [0.2, 0.25) is 5.95 Å². The van der Waals surface area contributed by atoms with Gasteiger partial charge in [-0.1, -0.05) is 109 Å². The van der Waals surface area contributed by atoms with Crippen molar-refractivity contribution < 1.29 is 4.42 Å². The van der Waals surface area contributed by atoms with E-state index in [1.54, 1.807) is 0 Å². The maximum atomic E-state index is 6.47. The number of para-hydroxylation sites is 2. The lowest BCUT2D eigenvalue weighted by Gasteiger charge is -2.10. The molecule has 7 aromatic carbocycles. The van der Waals surface area contributed by atoms with Gasteiger partial charge in [0.25, 0.3) is 0 Å². The Balaban J connectivity index is 1.06. The van der Waals surface area contributed by atoms with Gasteiger partial charge < -0.3 is 4.42 Å². The fourth-order valence-corrected chi connectivity index (χ4v) is 8.59. The van der Waals surface area contributed by atoms with Crippen LogP contribution in [0.15, 0.2) is 162 Å². The summed E-state index contributed by atoms with van der Waals surface area (Å²) in [6, 6.07) is 55.0. The predicted molar refractivity (Wildman–Crippen MR) is 211 cm³/mol. The number of thiophene rings is 1. The molecular weight excluding hydrogens is 645 g/mol. The number of nitrogens with zero attached hydrogens (tertiary/aromatic N) is 4. The van der Waals surface area contributed by atoms with Crippen LogP contribution in [-0.2, 0) is 0 Å². The molecule has 0 amide bonds. The van der Waals surface area contributed by atoms with Gasteiger partial charge in [0.05, 0.1) is 11.0 Å². The standard InChI is InChI=1S/C45H26N4OS/c1-2-10-27(11-3-1)43-46-44(48-45(47-43)49-37-15-7-4-12-31(37)32-13-5-8-16-38(32)49)30-19-21-33-36-24-28(20-23-39(36)50-40(33)25-30)29-18-22-35-34-14-6-9-17-41(34)51-42(35)26-29/h1-26H. The third kappa shape index (κ3) is 4.43. The van der Waals surface area contributed by atoms with Crippen molar-refractivity contribution in [1.29, 1.82) is 0 Å². The van der Waals surface area contributed by atoms with Crippen molar-refractivity contribution >= 4 is 75.3 Å². The van der Waals surface area contributed by atoms with Gasteiger partial charge in [-0.25, -0.2) is 4.98 Å². The van der Waals surface area contributed by atoms with Crippen LogP contribution in [0, 0.1) is 0 Å². The highest BCUT2D eigenvalue weighted by Crippen LogP contribution is 2.39. The molecule has 0 spiro atoms. The maximum absolute atomic E-state index is 6.47. The minimum Gasteiger partial charge on any atom is -0.456 e. The Morgan fingerprint density at radius 1 is 0.392 bits per heavy atom. The molecule has 4 aromatic heterocycles. The summed E-state index contributed by atoms with van der Waals surface area (Å²) < 4.78 is 11.2. The predicted octanol–water partition coefficient (Wildman–Crippen LogP) is 12.2. The van der Waals surface area contributed by atoms with E-state index in [0.29, 0.717) is 17.6 Å². The van der Waals surface area contributed by atoms with Gasteiger partial charge in [0.1, 0.15) is 11.2 Å². The normalized spacial score (nSPS) is 11.9. The van der Waals surface area contributed by atoms with Crippen molar-refractivity contribution in [3.05, 3.63) is 158 Å². The lowest BCUT2D eigenvalue weighted by atomic mass is 10.0. The summed E-state index contributed by atoms with van der Waals surface area (Å²) in [4.78, 5) is 15.2. The van der Waals surface area contributed by atoms with Crippen LogP contribution in [0.2, 0.25) is 0 Å². The summed E-state index contributed by atoms with van der Waals surface area (Å²) >= 11 is 1.84. The van der Waals surface area contributed by atoms with E-state index in [0.717, 1.165) is 60.4 Å². The first kappa shape index (κ1) is 28.2. The second kappa shape index (κ2) is 10.9. The molecule has 0 fully saturated rings. The molecule has 0 N–H and O–H groups in total. The quantitative estimate of drug-likeness (QED) is 0.187. The average molecular weight is 671 g/mol. The molecule has 0 saturated carbocycles. The van der Waals surface area contributed by atoms with E-state index in [1.807, 2.05) is 41.7 Å². The molecule has 0 aliphatic rings. The van der Waals surface area contributed by atoms with Crippen molar-refractivity contribution in [2.45, 2.75) is 0 Å². The Bertz CT molecular complexity index is 3100. The van der Waals surface area contributed by atoms with Crippen LogP contribution < -0.4 is 0 Å². The first-order valence-corrected chi connectivity index (χ1v) is 17.8. The van der Waals surface area contributed by atoms with Crippen molar-refractivity contribution in [3.8, 4) is 39.9 Å². The second-order valence-electron chi connectivity index (χ2n) is 12.9. The van der Waals surface area contributed by atoms with Crippen molar-refractivity contribution in [2.24, 2.45) is 0 Å². The second-order valence-corrected chi connectivity index (χ2v) is 13.9. The molecule has 6 heteroatoms. The van der Waals surface area contributed by atoms with Crippen molar-refractivity contribution in [2.75, 3.05) is 0 Å². The van der Waals surface area contributed by atoms with Gasteiger partial charge >= 0.3 is 0 Å². The van der Waals surface area contributed by atoms with E-state index in [9.17, 15) is 0 Å². The van der Waals surface area contributed by atoms with E-state index in [-0.39, 0.29) is 0 Å². The molecule has 0 aliphatic carbocycles. The number of rotatable bonds is 4. The first-order chi connectivity index (χ1) is 25.2. The monoisotopic (exact) mass is 670 g/mol. The number of hydrogen-bond donors (Lipinski definition) is 0. The maximum Gasteiger partial charge on any atom is 0.238 e. The molecule has 238 valence electrons. The molecule has 0 radical (unpaired) electrons. The smallest absolute Gasteiger partial charge is 0.238 e. The number of aromatic nitrogens is 4. The molecule has 11 rings (SSSR count). The van der Waals surface area contributed by atoms with E-state index < -0.39 is 0 Å². The Kier molecular flexibility index (Phi) is 6.05. The summed E-state index contributed by atoms with van der Waals surface area (Å²) in [7, 11) is 0. The van der Waals surface area contributed by atoms with Crippen molar-refractivity contribution in [1.82, 2.24) is 19.5 Å². The van der Waals surface area contributed by atoms with E-state index >= 15 is 0 Å². The minimum atomic E-state index is 0.571. The molecule has 0 aliphatic heterocycles. The van der Waals surface area contributed by atoms with Crippen LogP contribution in [0.3, 0.4) is 0 Å². The summed E-state index contributed by atoms with van der Waals surface area (Å²) in [6.07, 6.45) is 0. The largest absolute Gasteiger partial charge is 0.456 e. The minimum absolute atomic E-state index is 0.571. The summed E-state index contributed by atoms with van der Waals surface area (Å²) in [5.41, 5.74) is 7.87. The zero-order valence-electron chi connectivity index (χ0n) is 27.1. The van der Waals surface area contributed by atoms with Gasteiger partial charge in [-0.05, 0) is 59.7 Å². The van der Waals surface area contributed by atoms with Crippen LogP contribution in [0.5, 0.6) is 0 Å². The van der Waals surface area contributed by atoms with Gasteiger partial charge in [-0.3, -0.25) is 4.57 Å². The lowest BCUT2D eigenvalue weighted by molar-refractivity contribution is 0.669.